The molecular formula is C45H84O12. The molecule has 0 unspecified atom stereocenters. The van der Waals surface area contributed by atoms with Crippen molar-refractivity contribution in [3.63, 3.8) is 0 Å². The second-order valence-corrected chi connectivity index (χ2v) is 15.7. The molecule has 336 valence electrons. The van der Waals surface area contributed by atoms with Crippen LogP contribution in [0.1, 0.15) is 155 Å². The van der Waals surface area contributed by atoms with E-state index in [-0.39, 0.29) is 26.4 Å². The molecule has 12 heteroatoms. The normalized spacial score (nSPS) is 20.0. The quantitative estimate of drug-likeness (QED) is 0.0427. The average molecular weight is 817 g/mol. The highest BCUT2D eigenvalue weighted by atomic mass is 16.6. The SMILES string of the molecule is CCCCCCCCCCCCC(CCCCCCCCCCCC)(C(=O)OC[C@H]1COCCOCCOCCO1)C(=O)OC[C@@H]1COCCOCCOCCO1. The third kappa shape index (κ3) is 27.2. The maximum atomic E-state index is 14.5. The molecule has 0 bridgehead atoms. The van der Waals surface area contributed by atoms with Crippen molar-refractivity contribution in [2.45, 2.75) is 167 Å². The Morgan fingerprint density at radius 2 is 0.684 bits per heavy atom. The number of carbonyl (C=O) groups excluding carboxylic acids is 2. The van der Waals surface area contributed by atoms with E-state index in [4.69, 9.17) is 47.4 Å². The fraction of sp³-hybridized carbons (Fsp3) is 0.956. The van der Waals surface area contributed by atoms with Gasteiger partial charge in [0.05, 0.1) is 92.5 Å². The summed E-state index contributed by atoms with van der Waals surface area (Å²) in [5.41, 5.74) is -1.44. The number of rotatable bonds is 28. The molecule has 2 atom stereocenters. The minimum Gasteiger partial charge on any atom is -0.462 e. The lowest BCUT2D eigenvalue weighted by Gasteiger charge is -2.31. The molecule has 2 rings (SSSR count). The Bertz CT molecular complexity index is 825. The fourth-order valence-corrected chi connectivity index (χ4v) is 7.20. The average Bonchev–Trinajstić information content (AvgIpc) is 3.20. The summed E-state index contributed by atoms with van der Waals surface area (Å²) < 4.78 is 58.0. The second kappa shape index (κ2) is 37.6. The molecule has 2 fully saturated rings. The minimum atomic E-state index is -1.44. The lowest BCUT2D eigenvalue weighted by molar-refractivity contribution is -0.181. The zero-order valence-corrected chi connectivity index (χ0v) is 36.4. The van der Waals surface area contributed by atoms with Crippen molar-refractivity contribution < 1.29 is 57.0 Å². The van der Waals surface area contributed by atoms with Gasteiger partial charge >= 0.3 is 11.9 Å². The summed E-state index contributed by atoms with van der Waals surface area (Å²) in [7, 11) is 0. The largest absolute Gasteiger partial charge is 0.462 e. The summed E-state index contributed by atoms with van der Waals surface area (Å²) in [5, 5.41) is 0. The van der Waals surface area contributed by atoms with E-state index in [0.29, 0.717) is 92.1 Å². The molecule has 0 radical (unpaired) electrons. The molecule has 0 aromatic carbocycles. The zero-order chi connectivity index (χ0) is 40.8. The molecule has 0 aliphatic carbocycles. The summed E-state index contributed by atoms with van der Waals surface area (Å²) >= 11 is 0. The predicted octanol–water partition coefficient (Wildman–Crippen LogP) is 8.58. The van der Waals surface area contributed by atoms with Gasteiger partial charge in [-0.1, -0.05) is 142 Å². The Morgan fingerprint density at radius 3 is 1.02 bits per heavy atom. The molecule has 0 N–H and O–H groups in total. The van der Waals surface area contributed by atoms with E-state index in [9.17, 15) is 9.59 Å². The monoisotopic (exact) mass is 817 g/mol. The lowest BCUT2D eigenvalue weighted by atomic mass is 9.77. The van der Waals surface area contributed by atoms with Gasteiger partial charge < -0.3 is 47.4 Å². The van der Waals surface area contributed by atoms with E-state index in [2.05, 4.69) is 13.8 Å². The van der Waals surface area contributed by atoms with Gasteiger partial charge in [-0.05, 0) is 12.8 Å². The molecule has 0 spiro atoms. The Labute approximate surface area is 346 Å². The zero-order valence-electron chi connectivity index (χ0n) is 36.4. The summed E-state index contributed by atoms with van der Waals surface area (Å²) in [5.74, 6) is -1.09. The summed E-state index contributed by atoms with van der Waals surface area (Å²) in [6, 6.07) is 0. The van der Waals surface area contributed by atoms with E-state index >= 15 is 0 Å². The highest BCUT2D eigenvalue weighted by molar-refractivity contribution is 6.00. The fourth-order valence-electron chi connectivity index (χ4n) is 7.20. The first-order valence-electron chi connectivity index (χ1n) is 23.2. The van der Waals surface area contributed by atoms with Crippen molar-refractivity contribution in [1.29, 1.82) is 0 Å². The van der Waals surface area contributed by atoms with Gasteiger partial charge in [-0.3, -0.25) is 9.59 Å². The highest BCUT2D eigenvalue weighted by Gasteiger charge is 2.48. The van der Waals surface area contributed by atoms with Gasteiger partial charge in [-0.25, -0.2) is 0 Å². The molecule has 0 aromatic heterocycles. The first kappa shape index (κ1) is 51.8. The van der Waals surface area contributed by atoms with Crippen LogP contribution < -0.4 is 0 Å². The first-order chi connectivity index (χ1) is 28.1. The van der Waals surface area contributed by atoms with E-state index < -0.39 is 29.6 Å². The van der Waals surface area contributed by atoms with Crippen molar-refractivity contribution >= 4 is 11.9 Å². The van der Waals surface area contributed by atoms with Crippen LogP contribution in [0.4, 0.5) is 0 Å². The molecule has 57 heavy (non-hydrogen) atoms. The van der Waals surface area contributed by atoms with Crippen LogP contribution in [0, 0.1) is 5.41 Å². The van der Waals surface area contributed by atoms with Crippen LogP contribution in [-0.4, -0.2) is 130 Å². The maximum absolute atomic E-state index is 14.5. The van der Waals surface area contributed by atoms with Crippen molar-refractivity contribution in [3.8, 4) is 0 Å². The number of hydrogen-bond acceptors (Lipinski definition) is 12. The van der Waals surface area contributed by atoms with Crippen LogP contribution in [-0.2, 0) is 57.0 Å². The van der Waals surface area contributed by atoms with Gasteiger partial charge in [0.15, 0.2) is 5.41 Å². The van der Waals surface area contributed by atoms with Gasteiger partial charge in [0.2, 0.25) is 0 Å². The Kier molecular flexibility index (Phi) is 34.2. The van der Waals surface area contributed by atoms with Crippen molar-refractivity contribution in [3.05, 3.63) is 0 Å². The molecule has 12 nitrogen and oxygen atoms in total. The summed E-state index contributed by atoms with van der Waals surface area (Å²) in [4.78, 5) is 28.9. The maximum Gasteiger partial charge on any atom is 0.323 e. The van der Waals surface area contributed by atoms with Crippen molar-refractivity contribution in [1.82, 2.24) is 0 Å². The van der Waals surface area contributed by atoms with E-state index in [0.717, 1.165) is 51.4 Å². The number of carbonyl (C=O) groups is 2. The highest BCUT2D eigenvalue weighted by Crippen LogP contribution is 2.36. The Hall–Kier alpha value is -1.38. The molecule has 0 saturated carbocycles. The molecule has 2 aliphatic heterocycles. The van der Waals surface area contributed by atoms with Crippen LogP contribution in [0.2, 0.25) is 0 Å². The van der Waals surface area contributed by atoms with Gasteiger partial charge in [0.25, 0.3) is 0 Å². The van der Waals surface area contributed by atoms with Crippen LogP contribution in [0.25, 0.3) is 0 Å². The van der Waals surface area contributed by atoms with E-state index in [1.807, 2.05) is 0 Å². The van der Waals surface area contributed by atoms with E-state index in [1.165, 1.54) is 77.0 Å². The molecular weight excluding hydrogens is 732 g/mol. The Morgan fingerprint density at radius 1 is 0.404 bits per heavy atom. The van der Waals surface area contributed by atoms with Crippen molar-refractivity contribution in [2.75, 3.05) is 106 Å². The van der Waals surface area contributed by atoms with Gasteiger partial charge in [0, 0.05) is 0 Å². The second-order valence-electron chi connectivity index (χ2n) is 15.7. The van der Waals surface area contributed by atoms with Gasteiger partial charge in [-0.2, -0.15) is 0 Å². The number of esters is 2. The van der Waals surface area contributed by atoms with Crippen LogP contribution in [0.5, 0.6) is 0 Å². The summed E-state index contributed by atoms with van der Waals surface area (Å²) in [6.07, 6.45) is 22.8. The molecule has 0 aromatic rings. The molecule has 2 aliphatic rings. The minimum absolute atomic E-state index is 0.0353. The Balaban J connectivity index is 2.16. The number of unbranched alkanes of at least 4 members (excludes halogenated alkanes) is 18. The molecule has 2 heterocycles. The molecule has 2 saturated heterocycles. The van der Waals surface area contributed by atoms with Gasteiger partial charge in [0.1, 0.15) is 25.4 Å². The van der Waals surface area contributed by atoms with Crippen LogP contribution >= 0.6 is 0 Å². The molecule has 0 amide bonds. The third-order valence-electron chi connectivity index (χ3n) is 10.8. The van der Waals surface area contributed by atoms with Crippen LogP contribution in [0.15, 0.2) is 0 Å². The third-order valence-corrected chi connectivity index (χ3v) is 10.8. The van der Waals surface area contributed by atoms with Gasteiger partial charge in [-0.15, -0.1) is 0 Å². The van der Waals surface area contributed by atoms with Crippen molar-refractivity contribution in [2.24, 2.45) is 5.41 Å². The smallest absolute Gasteiger partial charge is 0.323 e. The number of hydrogen-bond donors (Lipinski definition) is 0. The number of ether oxygens (including phenoxy) is 10. The summed E-state index contributed by atoms with van der Waals surface area (Å²) in [6.45, 7) is 9.98. The first-order valence-corrected chi connectivity index (χ1v) is 23.2. The van der Waals surface area contributed by atoms with E-state index in [1.54, 1.807) is 0 Å². The predicted molar refractivity (Wildman–Crippen MR) is 222 cm³/mol. The topological polar surface area (TPSA) is 126 Å². The van der Waals surface area contributed by atoms with Crippen LogP contribution in [0.3, 0.4) is 0 Å². The lowest BCUT2D eigenvalue weighted by Crippen LogP contribution is -2.44. The standard InChI is InChI=1S/C45H84O12/c1-3-5-7-9-11-13-15-17-19-21-23-45(24-22-20-18-16-14-12-10-8-6-4-2,43(46)56-39-41-37-52-31-29-48-25-27-50-33-35-54-41)44(47)57-40-42-38-53-32-30-49-26-28-51-34-36-55-42/h41-42H,3-40H2,1-2H3/t41-,42+.